The van der Waals surface area contributed by atoms with Crippen LogP contribution in [0.3, 0.4) is 0 Å². The van der Waals surface area contributed by atoms with E-state index in [1.54, 1.807) is 12.1 Å². The maximum atomic E-state index is 12.8. The van der Waals surface area contributed by atoms with E-state index in [9.17, 15) is 13.2 Å². The molecule has 1 atom stereocenters. The molecule has 0 saturated carbocycles. The number of rotatable bonds is 3. The Morgan fingerprint density at radius 1 is 1.12 bits per heavy atom. The van der Waals surface area contributed by atoms with Crippen LogP contribution < -0.4 is 5.32 Å². The third-order valence-corrected chi connectivity index (χ3v) is 7.41. The smallest absolute Gasteiger partial charge is 0.353 e. The van der Waals surface area contributed by atoms with E-state index in [0.29, 0.717) is 0 Å². The number of hydrogen-bond acceptors (Lipinski definition) is 4. The van der Waals surface area contributed by atoms with Crippen molar-refractivity contribution in [3.63, 3.8) is 0 Å². The Morgan fingerprint density at radius 2 is 1.91 bits per heavy atom. The lowest BCUT2D eigenvalue weighted by molar-refractivity contribution is -0.137. The molecule has 1 aromatic heterocycles. The van der Waals surface area contributed by atoms with Crippen molar-refractivity contribution < 1.29 is 13.2 Å². The summed E-state index contributed by atoms with van der Waals surface area (Å²) in [6, 6.07) is 16.4. The number of aliphatic imine (C=N–C) groups is 1. The minimum Gasteiger partial charge on any atom is -0.353 e. The second-order valence-electron chi connectivity index (χ2n) is 8.77. The number of hydrogen-bond donors (Lipinski definition) is 1. The summed E-state index contributed by atoms with van der Waals surface area (Å²) in [5, 5.41) is 3.58. The number of alkyl halides is 3. The molecule has 172 valence electrons. The zero-order valence-corrected chi connectivity index (χ0v) is 19.3. The molecule has 1 N–H and O–H groups in total. The van der Waals surface area contributed by atoms with Gasteiger partial charge in [0.15, 0.2) is 0 Å². The number of para-hydroxylation sites is 1. The first kappa shape index (κ1) is 22.2. The summed E-state index contributed by atoms with van der Waals surface area (Å²) in [5.41, 5.74) is 3.86. The molecule has 0 unspecified atom stereocenters. The lowest BCUT2D eigenvalue weighted by Gasteiger charge is -2.36. The molecule has 2 aliphatic heterocycles. The number of fused-ring (bicyclic) bond motifs is 2. The summed E-state index contributed by atoms with van der Waals surface area (Å²) in [7, 11) is 0. The Kier molecular flexibility index (Phi) is 6.01. The van der Waals surface area contributed by atoms with Gasteiger partial charge in [0.05, 0.1) is 11.3 Å². The van der Waals surface area contributed by atoms with Crippen LogP contribution in [0.5, 0.6) is 0 Å². The minimum atomic E-state index is -4.29. The molecule has 0 radical (unpaired) electrons. The van der Waals surface area contributed by atoms with E-state index in [1.165, 1.54) is 33.0 Å². The molecule has 5 rings (SSSR count). The monoisotopic (exact) mass is 469 g/mol. The van der Waals surface area contributed by atoms with Gasteiger partial charge in [0.1, 0.15) is 5.84 Å². The van der Waals surface area contributed by atoms with E-state index in [4.69, 9.17) is 4.99 Å². The van der Waals surface area contributed by atoms with Gasteiger partial charge in [-0.05, 0) is 55.2 Å². The first-order valence-corrected chi connectivity index (χ1v) is 12.1. The van der Waals surface area contributed by atoms with Crippen LogP contribution >= 0.6 is 11.3 Å². The quantitative estimate of drug-likeness (QED) is 0.512. The number of nitrogens with one attached hydrogen (secondary N) is 1. The van der Waals surface area contributed by atoms with Gasteiger partial charge < -0.3 is 10.2 Å². The van der Waals surface area contributed by atoms with Crippen LogP contribution in [0.4, 0.5) is 18.9 Å². The number of thiophene rings is 1. The molecule has 3 heterocycles. The first-order chi connectivity index (χ1) is 15.9. The Morgan fingerprint density at radius 3 is 2.70 bits per heavy atom. The van der Waals surface area contributed by atoms with Gasteiger partial charge in [-0.1, -0.05) is 30.3 Å². The number of piperazine rings is 1. The highest BCUT2D eigenvalue weighted by atomic mass is 32.1. The molecular formula is C26H26F3N3S. The summed E-state index contributed by atoms with van der Waals surface area (Å²) in [4.78, 5) is 10.1. The van der Waals surface area contributed by atoms with E-state index in [-0.39, 0.29) is 6.04 Å². The molecule has 0 bridgehead atoms. The lowest BCUT2D eigenvalue weighted by atomic mass is 10.0. The molecule has 3 aromatic rings. The third kappa shape index (κ3) is 4.84. The van der Waals surface area contributed by atoms with Crippen molar-refractivity contribution in [1.82, 2.24) is 10.2 Å². The van der Waals surface area contributed by atoms with Gasteiger partial charge in [-0.15, -0.1) is 11.3 Å². The SMILES string of the molecule is Cc1cc2c(s1)Cc1ccccc1N=C2N1CCN[C@@H](CCc2ccc(C(F)(F)F)cc2)C1. The van der Waals surface area contributed by atoms with Crippen molar-refractivity contribution in [2.45, 2.75) is 38.4 Å². The van der Waals surface area contributed by atoms with Crippen molar-refractivity contribution in [2.75, 3.05) is 19.6 Å². The summed E-state index contributed by atoms with van der Waals surface area (Å²) in [6.07, 6.45) is -1.79. The van der Waals surface area contributed by atoms with Crippen molar-refractivity contribution >= 4 is 22.9 Å². The second-order valence-corrected chi connectivity index (χ2v) is 10.1. The first-order valence-electron chi connectivity index (χ1n) is 11.3. The molecule has 2 aromatic carbocycles. The largest absolute Gasteiger partial charge is 0.416 e. The number of halogens is 3. The van der Waals surface area contributed by atoms with E-state index >= 15 is 0 Å². The fourth-order valence-corrected chi connectivity index (χ4v) is 5.71. The Balaban J connectivity index is 1.32. The maximum Gasteiger partial charge on any atom is 0.416 e. The third-order valence-electron chi connectivity index (χ3n) is 6.36. The highest BCUT2D eigenvalue weighted by molar-refractivity contribution is 7.12. The van der Waals surface area contributed by atoms with Crippen molar-refractivity contribution in [3.05, 3.63) is 86.6 Å². The number of nitrogens with zero attached hydrogens (tertiary/aromatic N) is 2. The zero-order chi connectivity index (χ0) is 23.0. The summed E-state index contributed by atoms with van der Waals surface area (Å²) < 4.78 is 38.5. The van der Waals surface area contributed by atoms with Gasteiger partial charge in [-0.25, -0.2) is 4.99 Å². The van der Waals surface area contributed by atoms with Crippen LogP contribution in [0.2, 0.25) is 0 Å². The topological polar surface area (TPSA) is 27.6 Å². The van der Waals surface area contributed by atoms with Crippen molar-refractivity contribution in [3.8, 4) is 0 Å². The molecule has 33 heavy (non-hydrogen) atoms. The summed E-state index contributed by atoms with van der Waals surface area (Å²) in [6.45, 7) is 4.71. The predicted octanol–water partition coefficient (Wildman–Crippen LogP) is 5.96. The van der Waals surface area contributed by atoms with Crippen LogP contribution in [-0.4, -0.2) is 36.4 Å². The van der Waals surface area contributed by atoms with Crippen LogP contribution in [0.25, 0.3) is 0 Å². The molecule has 1 fully saturated rings. The highest BCUT2D eigenvalue weighted by Crippen LogP contribution is 2.34. The normalized spacial score (nSPS) is 18.4. The zero-order valence-electron chi connectivity index (χ0n) is 18.5. The summed E-state index contributed by atoms with van der Waals surface area (Å²) in [5.74, 6) is 1.04. The number of benzene rings is 2. The molecular weight excluding hydrogens is 443 g/mol. The average molecular weight is 470 g/mol. The van der Waals surface area contributed by atoms with Gasteiger partial charge in [0.25, 0.3) is 0 Å². The Hall–Kier alpha value is -2.64. The molecule has 7 heteroatoms. The fourth-order valence-electron chi connectivity index (χ4n) is 4.65. The van der Waals surface area contributed by atoms with Crippen LogP contribution in [0.1, 0.15) is 38.4 Å². The second kappa shape index (κ2) is 8.95. The Labute approximate surface area is 196 Å². The maximum absolute atomic E-state index is 12.8. The number of aryl methyl sites for hydroxylation is 2. The van der Waals surface area contributed by atoms with Gasteiger partial charge in [-0.2, -0.15) is 13.2 Å². The van der Waals surface area contributed by atoms with Crippen LogP contribution in [-0.2, 0) is 19.0 Å². The van der Waals surface area contributed by atoms with Gasteiger partial charge >= 0.3 is 6.18 Å². The van der Waals surface area contributed by atoms with Gasteiger partial charge in [0.2, 0.25) is 0 Å². The molecule has 1 saturated heterocycles. The van der Waals surface area contributed by atoms with Crippen molar-refractivity contribution in [2.24, 2.45) is 4.99 Å². The molecule has 0 aliphatic carbocycles. The molecule has 0 spiro atoms. The minimum absolute atomic E-state index is 0.255. The Bertz CT molecular complexity index is 1160. The standard InChI is InChI=1S/C26H26F3N3S/c1-17-14-22-24(33-17)15-19-4-2-3-5-23(19)31-25(22)32-13-12-30-21(16-32)11-8-18-6-9-20(10-7-18)26(27,28)29/h2-7,9-10,14,21,30H,8,11-13,15-16H2,1H3/t21-/m0/s1. The number of amidine groups is 1. The molecule has 3 nitrogen and oxygen atoms in total. The van der Waals surface area contributed by atoms with Gasteiger partial charge in [0, 0.05) is 47.4 Å². The van der Waals surface area contributed by atoms with Gasteiger partial charge in [-0.3, -0.25) is 0 Å². The molecule has 2 aliphatic rings. The van der Waals surface area contributed by atoms with Crippen LogP contribution in [0, 0.1) is 6.92 Å². The molecule has 0 amide bonds. The van der Waals surface area contributed by atoms with E-state index < -0.39 is 11.7 Å². The lowest BCUT2D eigenvalue weighted by Crippen LogP contribution is -2.52. The van der Waals surface area contributed by atoms with E-state index in [2.05, 4.69) is 41.4 Å². The van der Waals surface area contributed by atoms with Crippen molar-refractivity contribution in [1.29, 1.82) is 0 Å². The fraction of sp³-hybridized carbons (Fsp3) is 0.346. The van der Waals surface area contributed by atoms with E-state index in [1.807, 2.05) is 17.4 Å². The average Bonchev–Trinajstić information content (AvgIpc) is 3.09. The predicted molar refractivity (Wildman–Crippen MR) is 128 cm³/mol. The van der Waals surface area contributed by atoms with E-state index in [0.717, 1.165) is 56.0 Å². The summed E-state index contributed by atoms with van der Waals surface area (Å²) >= 11 is 1.84. The highest BCUT2D eigenvalue weighted by Gasteiger charge is 2.30. The van der Waals surface area contributed by atoms with Crippen LogP contribution in [0.15, 0.2) is 59.6 Å².